The van der Waals surface area contributed by atoms with Gasteiger partial charge in [-0.15, -0.1) is 16.9 Å². The van der Waals surface area contributed by atoms with Crippen molar-refractivity contribution in [3.63, 3.8) is 0 Å². The Labute approximate surface area is 123 Å². The third kappa shape index (κ3) is 1.87. The fourth-order valence-corrected chi connectivity index (χ4v) is 3.70. The Bertz CT molecular complexity index is 696. The molecule has 2 atom stereocenters. The predicted molar refractivity (Wildman–Crippen MR) is 73.6 cm³/mol. The number of carboxylic acids is 1. The summed E-state index contributed by atoms with van der Waals surface area (Å²) in [7, 11) is 1.63. The van der Waals surface area contributed by atoms with E-state index in [0.717, 1.165) is 0 Å². The number of β-lactam (4-membered cyclic amide) rings is 1. The van der Waals surface area contributed by atoms with Crippen LogP contribution in [0, 0.1) is 0 Å². The molecule has 1 unspecified atom stereocenters. The van der Waals surface area contributed by atoms with Gasteiger partial charge in [0.25, 0.3) is 0 Å². The number of rotatable bonds is 3. The SMILES string of the molecule is C=C(C1=C(C(=O)O)N2C(=O)C(N)[C@H]2SC1)c1nnnn1C. The summed E-state index contributed by atoms with van der Waals surface area (Å²) in [6.45, 7) is 3.87. The van der Waals surface area contributed by atoms with E-state index in [-0.39, 0.29) is 11.1 Å². The topological polar surface area (TPSA) is 127 Å². The van der Waals surface area contributed by atoms with Crippen LogP contribution >= 0.6 is 11.8 Å². The summed E-state index contributed by atoms with van der Waals surface area (Å²) in [6, 6.07) is -0.657. The van der Waals surface area contributed by atoms with E-state index in [0.29, 0.717) is 22.7 Å². The lowest BCUT2D eigenvalue weighted by Crippen LogP contribution is -2.68. The maximum atomic E-state index is 11.8. The molecule has 0 bridgehead atoms. The Hall–Kier alpha value is -2.20. The van der Waals surface area contributed by atoms with Gasteiger partial charge in [-0.05, 0) is 10.4 Å². The van der Waals surface area contributed by atoms with Crippen LogP contribution in [-0.2, 0) is 16.6 Å². The molecule has 1 amide bonds. The van der Waals surface area contributed by atoms with E-state index >= 15 is 0 Å². The molecule has 1 fully saturated rings. The molecule has 2 aliphatic heterocycles. The largest absolute Gasteiger partial charge is 0.477 e. The molecular weight excluding hydrogens is 296 g/mol. The highest BCUT2D eigenvalue weighted by Gasteiger charge is 2.52. The van der Waals surface area contributed by atoms with Crippen molar-refractivity contribution in [3.8, 4) is 0 Å². The van der Waals surface area contributed by atoms with Gasteiger partial charge in [-0.3, -0.25) is 9.69 Å². The first kappa shape index (κ1) is 13.8. The van der Waals surface area contributed by atoms with E-state index in [1.807, 2.05) is 0 Å². The molecule has 10 heteroatoms. The Kier molecular flexibility index (Phi) is 3.06. The molecule has 3 N–H and O–H groups in total. The van der Waals surface area contributed by atoms with Gasteiger partial charge in [-0.25, -0.2) is 9.48 Å². The molecule has 21 heavy (non-hydrogen) atoms. The maximum absolute atomic E-state index is 11.8. The lowest BCUT2D eigenvalue weighted by Gasteiger charge is -2.48. The van der Waals surface area contributed by atoms with Gasteiger partial charge in [0, 0.05) is 23.9 Å². The third-order valence-electron chi connectivity index (χ3n) is 3.47. The number of carboxylic acid groups (broad SMARTS) is 1. The molecule has 2 aliphatic rings. The smallest absolute Gasteiger partial charge is 0.352 e. The average molecular weight is 308 g/mol. The fourth-order valence-electron chi connectivity index (χ4n) is 2.37. The van der Waals surface area contributed by atoms with Gasteiger partial charge in [0.2, 0.25) is 5.91 Å². The maximum Gasteiger partial charge on any atom is 0.352 e. The second-order valence-corrected chi connectivity index (χ2v) is 5.78. The molecule has 1 saturated heterocycles. The molecule has 3 rings (SSSR count). The van der Waals surface area contributed by atoms with Crippen molar-refractivity contribution in [2.45, 2.75) is 11.4 Å². The second-order valence-electron chi connectivity index (χ2n) is 4.67. The van der Waals surface area contributed by atoms with Crippen LogP contribution in [0.25, 0.3) is 5.57 Å². The Morgan fingerprint density at radius 1 is 1.57 bits per heavy atom. The summed E-state index contributed by atoms with van der Waals surface area (Å²) in [5.74, 6) is -0.840. The van der Waals surface area contributed by atoms with Gasteiger partial charge in [0.05, 0.1) is 0 Å². The molecule has 9 nitrogen and oxygen atoms in total. The molecule has 3 heterocycles. The molecule has 0 aliphatic carbocycles. The van der Waals surface area contributed by atoms with Crippen molar-refractivity contribution in [1.82, 2.24) is 25.1 Å². The molecule has 110 valence electrons. The first-order chi connectivity index (χ1) is 9.93. The van der Waals surface area contributed by atoms with E-state index in [9.17, 15) is 14.7 Å². The van der Waals surface area contributed by atoms with Crippen LogP contribution in [0.1, 0.15) is 5.82 Å². The normalized spacial score (nSPS) is 24.7. The molecule has 0 radical (unpaired) electrons. The number of aromatic nitrogens is 4. The molecule has 0 spiro atoms. The number of tetrazole rings is 1. The van der Waals surface area contributed by atoms with Crippen molar-refractivity contribution in [2.24, 2.45) is 12.8 Å². The van der Waals surface area contributed by atoms with Crippen LogP contribution in [0.4, 0.5) is 0 Å². The van der Waals surface area contributed by atoms with E-state index in [1.54, 1.807) is 7.05 Å². The minimum atomic E-state index is -1.19. The quantitative estimate of drug-likeness (QED) is 0.667. The summed E-state index contributed by atoms with van der Waals surface area (Å²) in [6.07, 6.45) is 0. The summed E-state index contributed by atoms with van der Waals surface area (Å²) in [5.41, 5.74) is 6.43. The van der Waals surface area contributed by atoms with Crippen LogP contribution in [0.5, 0.6) is 0 Å². The number of allylic oxidation sites excluding steroid dienone is 1. The van der Waals surface area contributed by atoms with E-state index in [1.165, 1.54) is 21.3 Å². The number of aliphatic carboxylic acids is 1. The second kappa shape index (κ2) is 4.67. The van der Waals surface area contributed by atoms with Crippen LogP contribution in [-0.4, -0.2) is 59.3 Å². The standard InChI is InChI=1S/C11H12N6O3S/c1-4(8-13-14-15-16(8)2)5-3-21-10-6(12)9(18)17(10)7(5)11(19)20/h6,10H,1,3,12H2,2H3,(H,19,20)/t6?,10-/m1/s1. The Morgan fingerprint density at radius 3 is 2.86 bits per heavy atom. The zero-order valence-electron chi connectivity index (χ0n) is 11.1. The van der Waals surface area contributed by atoms with Crippen LogP contribution in [0.3, 0.4) is 0 Å². The molecular formula is C11H12N6O3S. The number of carbonyl (C=O) groups excluding carboxylic acids is 1. The van der Waals surface area contributed by atoms with Gasteiger partial charge >= 0.3 is 5.97 Å². The number of thioether (sulfide) groups is 1. The first-order valence-electron chi connectivity index (χ1n) is 6.02. The summed E-state index contributed by atoms with van der Waals surface area (Å²) in [5, 5.41) is 20.1. The number of nitrogens with two attached hydrogens (primary N) is 1. The number of carbonyl (C=O) groups is 2. The highest BCUT2D eigenvalue weighted by Crippen LogP contribution is 2.42. The number of fused-ring (bicyclic) bond motifs is 1. The van der Waals surface area contributed by atoms with Gasteiger partial charge in [-0.1, -0.05) is 6.58 Å². The zero-order valence-corrected chi connectivity index (χ0v) is 11.9. The average Bonchev–Trinajstić information content (AvgIpc) is 2.90. The molecule has 0 saturated carbocycles. The van der Waals surface area contributed by atoms with Crippen LogP contribution in [0.2, 0.25) is 0 Å². The van der Waals surface area contributed by atoms with Crippen molar-refractivity contribution < 1.29 is 14.7 Å². The van der Waals surface area contributed by atoms with Crippen LogP contribution < -0.4 is 5.73 Å². The number of hydrogen-bond donors (Lipinski definition) is 2. The molecule has 1 aromatic heterocycles. The number of nitrogens with zero attached hydrogens (tertiary/aromatic N) is 5. The molecule has 1 aromatic rings. The highest BCUT2D eigenvalue weighted by atomic mass is 32.2. The predicted octanol–water partition coefficient (Wildman–Crippen LogP) is -1.20. The fraction of sp³-hybridized carbons (Fsp3) is 0.364. The van der Waals surface area contributed by atoms with Gasteiger partial charge in [0.1, 0.15) is 17.1 Å². The van der Waals surface area contributed by atoms with Crippen LogP contribution in [0.15, 0.2) is 17.8 Å². The number of amides is 1. The number of aryl methyl sites for hydroxylation is 1. The first-order valence-corrected chi connectivity index (χ1v) is 7.07. The minimum absolute atomic E-state index is 0.0848. The van der Waals surface area contributed by atoms with Gasteiger partial charge < -0.3 is 10.8 Å². The monoisotopic (exact) mass is 308 g/mol. The van der Waals surface area contributed by atoms with Crippen molar-refractivity contribution in [1.29, 1.82) is 0 Å². The minimum Gasteiger partial charge on any atom is -0.477 e. The summed E-state index contributed by atoms with van der Waals surface area (Å²) in [4.78, 5) is 24.6. The Morgan fingerprint density at radius 2 is 2.29 bits per heavy atom. The van der Waals surface area contributed by atoms with E-state index < -0.39 is 17.9 Å². The molecule has 0 aromatic carbocycles. The number of hydrogen-bond acceptors (Lipinski definition) is 7. The third-order valence-corrected chi connectivity index (χ3v) is 4.77. The van der Waals surface area contributed by atoms with Gasteiger partial charge in [-0.2, -0.15) is 0 Å². The zero-order chi connectivity index (χ0) is 15.3. The van der Waals surface area contributed by atoms with Crippen molar-refractivity contribution >= 4 is 29.2 Å². The lowest BCUT2D eigenvalue weighted by atomic mass is 10.00. The highest BCUT2D eigenvalue weighted by molar-refractivity contribution is 8.00. The summed E-state index contributed by atoms with van der Waals surface area (Å²) < 4.78 is 1.40. The van der Waals surface area contributed by atoms with Gasteiger partial charge in [0.15, 0.2) is 5.82 Å². The summed E-state index contributed by atoms with van der Waals surface area (Å²) >= 11 is 1.41. The lowest BCUT2D eigenvalue weighted by molar-refractivity contribution is -0.147. The van der Waals surface area contributed by atoms with Crippen molar-refractivity contribution in [2.75, 3.05) is 5.75 Å². The van der Waals surface area contributed by atoms with E-state index in [4.69, 9.17) is 5.73 Å². The Balaban J connectivity index is 2.07. The van der Waals surface area contributed by atoms with Crippen molar-refractivity contribution in [3.05, 3.63) is 23.7 Å². The van der Waals surface area contributed by atoms with E-state index in [2.05, 4.69) is 22.1 Å².